The molecule has 2 heterocycles. The molecule has 27 heavy (non-hydrogen) atoms. The number of oxazole rings is 1. The van der Waals surface area contributed by atoms with E-state index in [2.05, 4.69) is 14.7 Å². The standard InChI is InChI=1S/C17H19N3O6S/c1-10(2)9-25-16-8-18-11(5-14(16)21)7-19-27(23,24)12-3-4-13-15(6-12)26-17(22)20-13/h3-6,8,10,19H,7,9H2,1-2H3,(H,18,21)(H,20,22). The van der Waals surface area contributed by atoms with Crippen LogP contribution >= 0.6 is 0 Å². The first-order chi connectivity index (χ1) is 12.7. The molecule has 0 aliphatic rings. The molecule has 0 saturated heterocycles. The average molecular weight is 393 g/mol. The highest BCUT2D eigenvalue weighted by Crippen LogP contribution is 2.16. The van der Waals surface area contributed by atoms with Gasteiger partial charge in [0.15, 0.2) is 11.3 Å². The van der Waals surface area contributed by atoms with Crippen molar-refractivity contribution in [3.05, 3.63) is 56.9 Å². The van der Waals surface area contributed by atoms with Gasteiger partial charge in [-0.25, -0.2) is 17.9 Å². The van der Waals surface area contributed by atoms with Gasteiger partial charge < -0.3 is 14.1 Å². The predicted molar refractivity (Wildman–Crippen MR) is 98.3 cm³/mol. The Balaban J connectivity index is 1.73. The fourth-order valence-corrected chi connectivity index (χ4v) is 3.34. The van der Waals surface area contributed by atoms with Crippen LogP contribution in [0, 0.1) is 5.92 Å². The van der Waals surface area contributed by atoms with Crippen LogP contribution in [0.3, 0.4) is 0 Å². The van der Waals surface area contributed by atoms with E-state index >= 15 is 0 Å². The molecule has 10 heteroatoms. The van der Waals surface area contributed by atoms with Gasteiger partial charge in [0.25, 0.3) is 0 Å². The summed E-state index contributed by atoms with van der Waals surface area (Å²) in [6.07, 6.45) is 1.41. The summed E-state index contributed by atoms with van der Waals surface area (Å²) in [4.78, 5) is 28.4. The lowest BCUT2D eigenvalue weighted by molar-refractivity contribution is 0.267. The number of H-pyrrole nitrogens is 2. The molecule has 0 saturated carbocycles. The number of benzene rings is 1. The smallest absolute Gasteiger partial charge is 0.417 e. The van der Waals surface area contributed by atoms with E-state index in [0.29, 0.717) is 17.8 Å². The van der Waals surface area contributed by atoms with Gasteiger partial charge in [-0.2, -0.15) is 0 Å². The number of pyridine rings is 1. The molecule has 144 valence electrons. The second-order valence-corrected chi connectivity index (χ2v) is 8.16. The van der Waals surface area contributed by atoms with Gasteiger partial charge in [-0.3, -0.25) is 9.78 Å². The summed E-state index contributed by atoms with van der Waals surface area (Å²) in [5.74, 6) is -0.203. The molecule has 0 aliphatic carbocycles. The van der Waals surface area contributed by atoms with E-state index in [1.165, 1.54) is 30.5 Å². The predicted octanol–water partition coefficient (Wildman–Crippen LogP) is 1.32. The van der Waals surface area contributed by atoms with Crippen LogP contribution in [-0.2, 0) is 16.6 Å². The van der Waals surface area contributed by atoms with E-state index in [0.717, 1.165) is 0 Å². The lowest BCUT2D eigenvalue weighted by atomic mass is 10.2. The highest BCUT2D eigenvalue weighted by Gasteiger charge is 2.16. The van der Waals surface area contributed by atoms with Crippen molar-refractivity contribution in [2.75, 3.05) is 6.61 Å². The van der Waals surface area contributed by atoms with Gasteiger partial charge in [0, 0.05) is 24.0 Å². The molecule has 0 radical (unpaired) electrons. The molecule has 0 unspecified atom stereocenters. The van der Waals surface area contributed by atoms with Gasteiger partial charge in [0.2, 0.25) is 15.5 Å². The maximum Gasteiger partial charge on any atom is 0.417 e. The van der Waals surface area contributed by atoms with Crippen LogP contribution in [0.5, 0.6) is 5.75 Å². The lowest BCUT2D eigenvalue weighted by Gasteiger charge is -2.09. The van der Waals surface area contributed by atoms with Crippen molar-refractivity contribution in [1.29, 1.82) is 0 Å². The zero-order chi connectivity index (χ0) is 19.6. The normalized spacial score (nSPS) is 12.0. The molecule has 3 aromatic rings. The van der Waals surface area contributed by atoms with Gasteiger partial charge in [-0.1, -0.05) is 13.8 Å². The Bertz CT molecular complexity index is 1170. The Kier molecular flexibility index (Phi) is 5.19. The molecule has 9 nitrogen and oxygen atoms in total. The minimum Gasteiger partial charge on any atom is -0.488 e. The van der Waals surface area contributed by atoms with E-state index in [-0.39, 0.29) is 34.1 Å². The zero-order valence-electron chi connectivity index (χ0n) is 14.7. The fraction of sp³-hybridized carbons (Fsp3) is 0.294. The largest absolute Gasteiger partial charge is 0.488 e. The van der Waals surface area contributed by atoms with Gasteiger partial charge >= 0.3 is 5.76 Å². The van der Waals surface area contributed by atoms with E-state index in [1.807, 2.05) is 13.8 Å². The summed E-state index contributed by atoms with van der Waals surface area (Å²) >= 11 is 0. The minimum atomic E-state index is -3.86. The molecular formula is C17H19N3O6S. The monoisotopic (exact) mass is 393 g/mol. The molecule has 3 rings (SSSR count). The van der Waals surface area contributed by atoms with Crippen LogP contribution in [0.2, 0.25) is 0 Å². The topological polar surface area (TPSA) is 134 Å². The fourth-order valence-electron chi connectivity index (χ4n) is 2.32. The Labute approximate surface area is 154 Å². The van der Waals surface area contributed by atoms with Gasteiger partial charge in [0.1, 0.15) is 0 Å². The number of ether oxygens (including phenoxy) is 1. The number of nitrogens with one attached hydrogen (secondary N) is 3. The van der Waals surface area contributed by atoms with Gasteiger partial charge in [-0.05, 0) is 18.1 Å². The molecule has 3 N–H and O–H groups in total. The van der Waals surface area contributed by atoms with Crippen molar-refractivity contribution in [2.45, 2.75) is 25.3 Å². The van der Waals surface area contributed by atoms with Crippen LogP contribution in [0.4, 0.5) is 0 Å². The number of aromatic nitrogens is 2. The molecule has 0 spiro atoms. The summed E-state index contributed by atoms with van der Waals surface area (Å²) in [5, 5.41) is 0. The Morgan fingerprint density at radius 3 is 2.70 bits per heavy atom. The number of hydrogen-bond acceptors (Lipinski definition) is 6. The van der Waals surface area contributed by atoms with Crippen molar-refractivity contribution < 1.29 is 17.6 Å². The van der Waals surface area contributed by atoms with Crippen molar-refractivity contribution in [1.82, 2.24) is 14.7 Å². The van der Waals surface area contributed by atoms with Crippen molar-refractivity contribution in [2.24, 2.45) is 5.92 Å². The second kappa shape index (κ2) is 7.41. The number of fused-ring (bicyclic) bond motifs is 1. The highest BCUT2D eigenvalue weighted by molar-refractivity contribution is 7.89. The van der Waals surface area contributed by atoms with Gasteiger partial charge in [-0.15, -0.1) is 0 Å². The van der Waals surface area contributed by atoms with E-state index in [9.17, 15) is 18.0 Å². The van der Waals surface area contributed by atoms with Crippen LogP contribution in [0.1, 0.15) is 19.5 Å². The third-order valence-corrected chi connectivity index (χ3v) is 5.06. The van der Waals surface area contributed by atoms with Crippen molar-refractivity contribution in [3.8, 4) is 5.75 Å². The van der Waals surface area contributed by atoms with Gasteiger partial charge in [0.05, 0.1) is 23.6 Å². The molecule has 0 bridgehead atoms. The number of sulfonamides is 1. The third-order valence-electron chi connectivity index (χ3n) is 3.66. The minimum absolute atomic E-state index is 0.0583. The maximum atomic E-state index is 12.4. The van der Waals surface area contributed by atoms with Crippen LogP contribution < -0.4 is 20.6 Å². The molecule has 0 atom stereocenters. The molecule has 0 aliphatic heterocycles. The van der Waals surface area contributed by atoms with Crippen LogP contribution in [0.25, 0.3) is 11.1 Å². The quantitative estimate of drug-likeness (QED) is 0.554. The highest BCUT2D eigenvalue weighted by atomic mass is 32.2. The second-order valence-electron chi connectivity index (χ2n) is 6.39. The van der Waals surface area contributed by atoms with E-state index < -0.39 is 15.8 Å². The Hall–Kier alpha value is -2.85. The molecule has 2 aromatic heterocycles. The zero-order valence-corrected chi connectivity index (χ0v) is 15.6. The SMILES string of the molecule is CC(C)COc1c[nH]c(CNS(=O)(=O)c2ccc3[nH]c(=O)oc3c2)cc1=O. The summed E-state index contributed by atoms with van der Waals surface area (Å²) in [7, 11) is -3.86. The molecular weight excluding hydrogens is 374 g/mol. The first-order valence-electron chi connectivity index (χ1n) is 8.21. The van der Waals surface area contributed by atoms with Crippen molar-refractivity contribution >= 4 is 21.1 Å². The summed E-state index contributed by atoms with van der Waals surface area (Å²) < 4.78 is 37.5. The van der Waals surface area contributed by atoms with E-state index in [1.54, 1.807) is 0 Å². The van der Waals surface area contributed by atoms with Crippen molar-refractivity contribution in [3.63, 3.8) is 0 Å². The molecule has 0 fully saturated rings. The maximum absolute atomic E-state index is 12.4. The summed E-state index contributed by atoms with van der Waals surface area (Å²) in [5.41, 5.74) is 0.594. The van der Waals surface area contributed by atoms with E-state index in [4.69, 9.17) is 9.15 Å². The first kappa shape index (κ1) is 18.9. The third kappa shape index (κ3) is 4.47. The Morgan fingerprint density at radius 1 is 1.22 bits per heavy atom. The molecule has 1 aromatic carbocycles. The molecule has 0 amide bonds. The van der Waals surface area contributed by atoms with Crippen LogP contribution in [-0.4, -0.2) is 25.0 Å². The number of rotatable bonds is 7. The lowest BCUT2D eigenvalue weighted by Crippen LogP contribution is -2.24. The first-order valence-corrected chi connectivity index (χ1v) is 9.70. The summed E-state index contributed by atoms with van der Waals surface area (Å²) in [6, 6.07) is 5.33. The summed E-state index contributed by atoms with van der Waals surface area (Å²) in [6.45, 7) is 4.23. The Morgan fingerprint density at radius 2 is 2.00 bits per heavy atom. The number of aromatic amines is 2. The number of hydrogen-bond donors (Lipinski definition) is 3. The van der Waals surface area contributed by atoms with Crippen LogP contribution in [0.15, 0.2) is 49.4 Å². The average Bonchev–Trinajstić information content (AvgIpc) is 2.98.